The molecule has 0 fully saturated rings. The molecule has 3 rings (SSSR count). The van der Waals surface area contributed by atoms with E-state index in [0.29, 0.717) is 0 Å². The first-order valence-electron chi connectivity index (χ1n) is 13.9. The van der Waals surface area contributed by atoms with Crippen LogP contribution < -0.4 is 15.9 Å². The van der Waals surface area contributed by atoms with Gasteiger partial charge in [0.25, 0.3) is 0 Å². The van der Waals surface area contributed by atoms with E-state index in [-0.39, 0.29) is 6.29 Å². The molecule has 3 aromatic rings. The lowest BCUT2D eigenvalue weighted by molar-refractivity contribution is -0.107. The topological polar surface area (TPSA) is 18.5 Å². The van der Waals surface area contributed by atoms with Gasteiger partial charge in [-0.25, -0.2) is 0 Å². The Labute approximate surface area is 239 Å². The molecule has 38 heavy (non-hydrogen) atoms. The number of hydrogen-bond acceptors (Lipinski definition) is 2. The Morgan fingerprint density at radius 1 is 0.684 bits per heavy atom. The van der Waals surface area contributed by atoms with E-state index >= 15 is 0 Å². The van der Waals surface area contributed by atoms with Crippen LogP contribution >= 0.6 is 21.5 Å². The highest BCUT2D eigenvalue weighted by Crippen LogP contribution is 2.64. The molecule has 0 heterocycles. The zero-order chi connectivity index (χ0) is 27.4. The van der Waals surface area contributed by atoms with Crippen molar-refractivity contribution in [3.63, 3.8) is 0 Å². The average Bonchev–Trinajstić information content (AvgIpc) is 2.93. The van der Waals surface area contributed by atoms with Crippen molar-refractivity contribution in [3.8, 4) is 0 Å². The van der Waals surface area contributed by atoms with E-state index in [1.165, 1.54) is 57.4 Å². The molecule has 0 bridgehead atoms. The lowest BCUT2D eigenvalue weighted by atomic mass is 10.0. The van der Waals surface area contributed by atoms with Crippen molar-refractivity contribution in [2.75, 3.05) is 14.2 Å². The van der Waals surface area contributed by atoms with Crippen molar-refractivity contribution in [3.05, 3.63) is 101 Å². The first kappa shape index (κ1) is 30.8. The Morgan fingerprint density at radius 3 is 1.82 bits per heavy atom. The van der Waals surface area contributed by atoms with Gasteiger partial charge in [0.05, 0.1) is 0 Å². The van der Waals surface area contributed by atoms with Crippen molar-refractivity contribution in [1.29, 1.82) is 0 Å². The largest absolute Gasteiger partial charge is 0.356 e. The number of unbranched alkanes of at least 4 members (excludes halogenated alkanes) is 4. The van der Waals surface area contributed by atoms with E-state index < -0.39 is 5.96 Å². The zero-order valence-corrected chi connectivity index (χ0v) is 26.4. The molecular weight excluding hydrogens is 551 g/mol. The third-order valence-electron chi connectivity index (χ3n) is 7.46. The van der Waals surface area contributed by atoms with Crippen molar-refractivity contribution in [1.82, 2.24) is 0 Å². The fourth-order valence-electron chi connectivity index (χ4n) is 5.21. The number of hydrogen-bond donors (Lipinski definition) is 0. The number of rotatable bonds is 15. The fourth-order valence-corrected chi connectivity index (χ4v) is 12.1. The first-order chi connectivity index (χ1) is 18.4. The number of methoxy groups -OCH3 is 2. The second kappa shape index (κ2) is 15.7. The highest BCUT2D eigenvalue weighted by Gasteiger charge is 2.47. The summed E-state index contributed by atoms with van der Waals surface area (Å²) in [5.41, 5.74) is 5.58. The molecule has 0 aliphatic heterocycles. The summed E-state index contributed by atoms with van der Waals surface area (Å²) >= 11 is 4.43. The van der Waals surface area contributed by atoms with E-state index in [1.807, 2.05) is 0 Å². The molecule has 0 aliphatic carbocycles. The predicted molar refractivity (Wildman–Crippen MR) is 171 cm³/mol. The molecule has 2 nitrogen and oxygen atoms in total. The molecule has 3 aromatic carbocycles. The quantitative estimate of drug-likeness (QED) is 0.0757. The van der Waals surface area contributed by atoms with Gasteiger partial charge >= 0.3 is 0 Å². The Hall–Kier alpha value is -1.77. The summed E-state index contributed by atoms with van der Waals surface area (Å²) in [5, 5.41) is 4.27. The van der Waals surface area contributed by atoms with Gasteiger partial charge in [-0.3, -0.25) is 0 Å². The summed E-state index contributed by atoms with van der Waals surface area (Å²) in [7, 11) is 3.42. The fraction of sp³-hybridized carbons (Fsp3) is 0.412. The standard InChI is InChI=1S/C34H45BrO2P/c1-27-19-14-16-23-31(27)38(35,32-24-17-15-20-28(32)2)33-25-18-22-30(29(33)3)21-12-10-8-6-7-9-11-13-26-34(36-4)37-5/h6,8,14-20,22-25,34H,7,9-13,21,26H2,1-5H3/q+1/b8-6+. The maximum Gasteiger partial charge on any atom is 0.181 e. The number of ether oxygens (including phenoxy) is 2. The van der Waals surface area contributed by atoms with E-state index in [9.17, 15) is 0 Å². The van der Waals surface area contributed by atoms with Crippen LogP contribution in [0.5, 0.6) is 0 Å². The smallest absolute Gasteiger partial charge is 0.181 e. The minimum Gasteiger partial charge on any atom is -0.356 e. The van der Waals surface area contributed by atoms with Gasteiger partial charge in [-0.1, -0.05) is 67.1 Å². The molecule has 0 spiro atoms. The van der Waals surface area contributed by atoms with Crippen LogP contribution in [-0.4, -0.2) is 20.5 Å². The second-order valence-corrected chi connectivity index (χ2v) is 15.9. The van der Waals surface area contributed by atoms with Crippen LogP contribution in [0.4, 0.5) is 0 Å². The van der Waals surface area contributed by atoms with Gasteiger partial charge in [0, 0.05) is 14.2 Å². The Bertz CT molecular complexity index is 1120. The van der Waals surface area contributed by atoms with Crippen LogP contribution in [0.2, 0.25) is 0 Å². The maximum atomic E-state index is 5.26. The van der Waals surface area contributed by atoms with Gasteiger partial charge in [0.2, 0.25) is 0 Å². The molecule has 0 amide bonds. The molecule has 4 heteroatoms. The summed E-state index contributed by atoms with van der Waals surface area (Å²) < 4.78 is 10.5. The SMILES string of the molecule is COC(CCCCC/C=C/CCCc1cccc([P+](Br)(c2ccccc2C)c2ccccc2C)c1C)OC. The minimum atomic E-state index is -1.96. The monoisotopic (exact) mass is 595 g/mol. The normalized spacial score (nSPS) is 12.1. The molecule has 0 unspecified atom stereocenters. The Balaban J connectivity index is 1.67. The van der Waals surface area contributed by atoms with E-state index in [0.717, 1.165) is 32.1 Å². The number of benzene rings is 3. The minimum absolute atomic E-state index is 0.0576. The Morgan fingerprint density at radius 2 is 1.24 bits per heavy atom. The van der Waals surface area contributed by atoms with Crippen LogP contribution in [0.1, 0.15) is 67.2 Å². The van der Waals surface area contributed by atoms with Gasteiger partial charge in [0.15, 0.2) is 27.7 Å². The summed E-state index contributed by atoms with van der Waals surface area (Å²) in [6.45, 7) is 6.81. The molecule has 0 aromatic heterocycles. The molecule has 0 aliphatic rings. The third kappa shape index (κ3) is 7.89. The van der Waals surface area contributed by atoms with Crippen molar-refractivity contribution in [2.24, 2.45) is 0 Å². The van der Waals surface area contributed by atoms with Gasteiger partial charge in [-0.05, 0) is 106 Å². The zero-order valence-electron chi connectivity index (χ0n) is 23.9. The van der Waals surface area contributed by atoms with E-state index in [1.54, 1.807) is 14.2 Å². The lowest BCUT2D eigenvalue weighted by Gasteiger charge is -2.25. The van der Waals surface area contributed by atoms with Crippen molar-refractivity contribution in [2.45, 2.75) is 78.4 Å². The summed E-state index contributed by atoms with van der Waals surface area (Å²) in [5.74, 6) is -1.96. The van der Waals surface area contributed by atoms with Crippen LogP contribution in [0.3, 0.4) is 0 Å². The first-order valence-corrected chi connectivity index (χ1v) is 17.7. The summed E-state index contributed by atoms with van der Waals surface area (Å²) in [4.78, 5) is 0. The highest BCUT2D eigenvalue weighted by atomic mass is 79.9. The van der Waals surface area contributed by atoms with Crippen LogP contribution in [-0.2, 0) is 15.9 Å². The third-order valence-corrected chi connectivity index (χ3v) is 14.4. The van der Waals surface area contributed by atoms with E-state index in [2.05, 4.69) is 115 Å². The lowest BCUT2D eigenvalue weighted by Crippen LogP contribution is -2.31. The number of halogens is 1. The van der Waals surface area contributed by atoms with Gasteiger partial charge in [-0.2, -0.15) is 0 Å². The maximum absolute atomic E-state index is 5.26. The molecular formula is C34H45BrO2P+. The van der Waals surface area contributed by atoms with Crippen molar-refractivity contribution < 1.29 is 9.47 Å². The average molecular weight is 597 g/mol. The summed E-state index contributed by atoms with van der Waals surface area (Å²) in [6, 6.07) is 24.7. The predicted octanol–water partition coefficient (Wildman–Crippen LogP) is 8.66. The number of aryl methyl sites for hydroxylation is 3. The van der Waals surface area contributed by atoms with Gasteiger partial charge < -0.3 is 9.47 Å². The molecule has 0 radical (unpaired) electrons. The second-order valence-electron chi connectivity index (χ2n) is 10.1. The molecule has 204 valence electrons. The summed E-state index contributed by atoms with van der Waals surface area (Å²) in [6.07, 6.45) is 13.8. The van der Waals surface area contributed by atoms with Crippen molar-refractivity contribution >= 4 is 37.4 Å². The van der Waals surface area contributed by atoms with Gasteiger partial charge in [-0.15, -0.1) is 0 Å². The highest BCUT2D eigenvalue weighted by molar-refractivity contribution is 9.44. The van der Waals surface area contributed by atoms with E-state index in [4.69, 9.17) is 9.47 Å². The van der Waals surface area contributed by atoms with Crippen LogP contribution in [0.15, 0.2) is 78.9 Å². The molecule has 0 N–H and O–H groups in total. The Kier molecular flexibility index (Phi) is 12.7. The van der Waals surface area contributed by atoms with Gasteiger partial charge in [0.1, 0.15) is 15.9 Å². The number of allylic oxidation sites excluding steroid dienone is 2. The molecule has 0 saturated heterocycles. The van der Waals surface area contributed by atoms with Crippen LogP contribution in [0.25, 0.3) is 0 Å². The molecule has 0 atom stereocenters. The van der Waals surface area contributed by atoms with Crippen LogP contribution in [0, 0.1) is 20.8 Å². The molecule has 0 saturated carbocycles.